The molecule has 1 aromatic carbocycles. The fourth-order valence-corrected chi connectivity index (χ4v) is 4.29. The van der Waals surface area contributed by atoms with E-state index in [0.717, 1.165) is 12.0 Å². The van der Waals surface area contributed by atoms with Gasteiger partial charge >= 0.3 is 0 Å². The summed E-state index contributed by atoms with van der Waals surface area (Å²) in [6.45, 7) is 1.08. The number of nitrogens with one attached hydrogen (secondary N) is 2. The minimum Gasteiger partial charge on any atom is -0.344 e. The molecule has 0 bridgehead atoms. The van der Waals surface area contributed by atoms with Gasteiger partial charge in [0.25, 0.3) is 0 Å². The topological polar surface area (TPSA) is 100 Å². The van der Waals surface area contributed by atoms with Crippen LogP contribution in [-0.2, 0) is 9.59 Å². The van der Waals surface area contributed by atoms with E-state index in [1.807, 2.05) is 18.2 Å². The number of hydrogen-bond donors (Lipinski definition) is 2. The summed E-state index contributed by atoms with van der Waals surface area (Å²) in [5.74, 6) is 0.657. The highest BCUT2D eigenvalue weighted by molar-refractivity contribution is 5.91. The maximum absolute atomic E-state index is 13.7. The van der Waals surface area contributed by atoms with Crippen LogP contribution in [0, 0.1) is 5.82 Å². The summed E-state index contributed by atoms with van der Waals surface area (Å²) in [5.41, 5.74) is 2.19. The molecule has 2 aromatic heterocycles. The Bertz CT molecular complexity index is 1190. The first-order chi connectivity index (χ1) is 16.0. The van der Waals surface area contributed by atoms with E-state index in [1.165, 1.54) is 12.1 Å². The quantitative estimate of drug-likeness (QED) is 0.625. The van der Waals surface area contributed by atoms with Gasteiger partial charge in [0, 0.05) is 55.1 Å². The largest absolute Gasteiger partial charge is 0.344 e. The predicted octanol–water partition coefficient (Wildman–Crippen LogP) is 3.02. The third kappa shape index (κ3) is 4.67. The van der Waals surface area contributed by atoms with Crippen molar-refractivity contribution in [2.75, 3.05) is 18.4 Å². The molecular weight excluding hydrogens is 423 g/mol. The number of hydrogen-bond acceptors (Lipinski definition) is 6. The fraction of sp³-hybridized carbons (Fsp3) is 0.292. The average molecular weight is 446 g/mol. The second-order valence-corrected chi connectivity index (χ2v) is 8.30. The van der Waals surface area contributed by atoms with Crippen LogP contribution in [0.1, 0.15) is 31.0 Å². The van der Waals surface area contributed by atoms with E-state index in [2.05, 4.69) is 15.6 Å². The van der Waals surface area contributed by atoms with E-state index in [1.54, 1.807) is 29.4 Å². The molecular formula is C24H23FN6O2. The Morgan fingerprint density at radius 3 is 2.73 bits per heavy atom. The van der Waals surface area contributed by atoms with E-state index >= 15 is 0 Å². The summed E-state index contributed by atoms with van der Waals surface area (Å²) in [6, 6.07) is 11.3. The Morgan fingerprint density at radius 1 is 1.12 bits per heavy atom. The van der Waals surface area contributed by atoms with Crippen molar-refractivity contribution in [3.63, 3.8) is 0 Å². The van der Waals surface area contributed by atoms with Crippen molar-refractivity contribution in [1.29, 1.82) is 0 Å². The first kappa shape index (κ1) is 21.0. The molecule has 3 aromatic rings. The number of rotatable bonds is 5. The van der Waals surface area contributed by atoms with Gasteiger partial charge in [0.05, 0.1) is 5.69 Å². The van der Waals surface area contributed by atoms with Gasteiger partial charge in [0.15, 0.2) is 0 Å². The fourth-order valence-electron chi connectivity index (χ4n) is 4.29. The zero-order valence-electron chi connectivity index (χ0n) is 17.9. The van der Waals surface area contributed by atoms with Crippen LogP contribution in [0.5, 0.6) is 0 Å². The summed E-state index contributed by atoms with van der Waals surface area (Å²) in [7, 11) is 0. The van der Waals surface area contributed by atoms with Crippen molar-refractivity contribution in [2.24, 2.45) is 0 Å². The average Bonchev–Trinajstić information content (AvgIpc) is 3.49. The molecule has 0 saturated carbocycles. The van der Waals surface area contributed by atoms with Gasteiger partial charge in [-0.15, -0.1) is 0 Å². The lowest BCUT2D eigenvalue weighted by molar-refractivity contribution is -0.133. The zero-order valence-corrected chi connectivity index (χ0v) is 17.9. The molecule has 2 N–H and O–H groups in total. The molecule has 33 heavy (non-hydrogen) atoms. The van der Waals surface area contributed by atoms with E-state index in [9.17, 15) is 14.0 Å². The van der Waals surface area contributed by atoms with Crippen LogP contribution in [0.15, 0.2) is 54.9 Å². The summed E-state index contributed by atoms with van der Waals surface area (Å²) >= 11 is 0. The second kappa shape index (κ2) is 8.93. The number of amides is 2. The van der Waals surface area contributed by atoms with Gasteiger partial charge in [-0.25, -0.2) is 14.4 Å². The predicted molar refractivity (Wildman–Crippen MR) is 120 cm³/mol. The molecule has 2 unspecified atom stereocenters. The third-order valence-corrected chi connectivity index (χ3v) is 5.98. The first-order valence-corrected chi connectivity index (χ1v) is 11.0. The molecule has 0 aliphatic carbocycles. The molecule has 5 rings (SSSR count). The maximum Gasteiger partial charge on any atom is 0.245 e. The van der Waals surface area contributed by atoms with Crippen LogP contribution >= 0.6 is 0 Å². The summed E-state index contributed by atoms with van der Waals surface area (Å²) in [4.78, 5) is 39.7. The number of benzene rings is 1. The number of pyridine rings is 1. The standard InChI is InChI=1S/C24H23FN6O2/c25-17-2-1-3-18(12-17)27-21-13-20(15-6-9-26-10-7-15)29-23(30-21)16-8-11-31(14-16)24(33)19-4-5-22(32)28-19/h1-3,6-7,9-10,12-13,16,19H,4-5,8,11,14H2,(H,28,32)(H,27,29,30). The van der Waals surface area contributed by atoms with Crippen LogP contribution in [0.2, 0.25) is 0 Å². The van der Waals surface area contributed by atoms with E-state index in [-0.39, 0.29) is 23.5 Å². The normalized spacial score (nSPS) is 20.0. The Balaban J connectivity index is 1.41. The van der Waals surface area contributed by atoms with Crippen molar-refractivity contribution in [3.8, 4) is 11.3 Å². The number of carbonyl (C=O) groups is 2. The molecule has 8 nitrogen and oxygen atoms in total. The minimum absolute atomic E-state index is 0.0408. The number of nitrogens with zero attached hydrogens (tertiary/aromatic N) is 4. The highest BCUT2D eigenvalue weighted by Crippen LogP contribution is 2.30. The van der Waals surface area contributed by atoms with Gasteiger partial charge in [-0.1, -0.05) is 6.07 Å². The Hall–Kier alpha value is -3.88. The SMILES string of the molecule is O=C1CCC(C(=O)N2CCC(c3nc(Nc4cccc(F)c4)cc(-c4ccncc4)n3)C2)N1. The minimum atomic E-state index is -0.439. The lowest BCUT2D eigenvalue weighted by Gasteiger charge is -2.20. The molecule has 0 radical (unpaired) electrons. The van der Waals surface area contributed by atoms with Crippen molar-refractivity contribution >= 4 is 23.3 Å². The lowest BCUT2D eigenvalue weighted by Crippen LogP contribution is -2.43. The number of carbonyl (C=O) groups excluding carboxylic acids is 2. The number of likely N-dealkylation sites (tertiary alicyclic amines) is 1. The molecule has 2 amide bonds. The smallest absolute Gasteiger partial charge is 0.245 e. The van der Waals surface area contributed by atoms with Crippen LogP contribution in [0.4, 0.5) is 15.9 Å². The second-order valence-electron chi connectivity index (χ2n) is 8.30. The van der Waals surface area contributed by atoms with Crippen molar-refractivity contribution in [3.05, 3.63) is 66.5 Å². The first-order valence-electron chi connectivity index (χ1n) is 11.0. The van der Waals surface area contributed by atoms with Gasteiger partial charge in [-0.2, -0.15) is 0 Å². The molecule has 2 aliphatic rings. The molecule has 4 heterocycles. The van der Waals surface area contributed by atoms with E-state index in [4.69, 9.17) is 9.97 Å². The third-order valence-electron chi connectivity index (χ3n) is 5.98. The summed E-state index contributed by atoms with van der Waals surface area (Å²) in [5, 5.41) is 5.92. The van der Waals surface area contributed by atoms with Gasteiger partial charge in [-0.05, 0) is 43.2 Å². The number of anilines is 2. The molecule has 0 spiro atoms. The highest BCUT2D eigenvalue weighted by Gasteiger charge is 2.36. The van der Waals surface area contributed by atoms with Crippen LogP contribution in [0.25, 0.3) is 11.3 Å². The molecule has 2 saturated heterocycles. The monoisotopic (exact) mass is 446 g/mol. The van der Waals surface area contributed by atoms with Crippen LogP contribution in [0.3, 0.4) is 0 Å². The number of halogens is 1. The van der Waals surface area contributed by atoms with Crippen molar-refractivity contribution in [2.45, 2.75) is 31.2 Å². The van der Waals surface area contributed by atoms with Crippen molar-refractivity contribution in [1.82, 2.24) is 25.2 Å². The van der Waals surface area contributed by atoms with Gasteiger partial charge in [0.1, 0.15) is 23.5 Å². The molecule has 168 valence electrons. The Labute approximate surface area is 190 Å². The molecule has 2 atom stereocenters. The maximum atomic E-state index is 13.7. The zero-order chi connectivity index (χ0) is 22.8. The Morgan fingerprint density at radius 2 is 1.97 bits per heavy atom. The number of aromatic nitrogens is 3. The molecule has 2 aliphatic heterocycles. The Kier molecular flexibility index (Phi) is 5.68. The van der Waals surface area contributed by atoms with Gasteiger partial charge < -0.3 is 15.5 Å². The molecule has 2 fully saturated rings. The summed E-state index contributed by atoms with van der Waals surface area (Å²) in [6.07, 6.45) is 5.05. The lowest BCUT2D eigenvalue weighted by atomic mass is 10.1. The molecule has 9 heteroatoms. The van der Waals surface area contributed by atoms with E-state index in [0.29, 0.717) is 49.0 Å². The van der Waals surface area contributed by atoms with Crippen LogP contribution in [-0.4, -0.2) is 50.8 Å². The summed E-state index contributed by atoms with van der Waals surface area (Å²) < 4.78 is 13.7. The van der Waals surface area contributed by atoms with Crippen molar-refractivity contribution < 1.29 is 14.0 Å². The van der Waals surface area contributed by atoms with Crippen LogP contribution < -0.4 is 10.6 Å². The van der Waals surface area contributed by atoms with Gasteiger partial charge in [-0.3, -0.25) is 14.6 Å². The highest BCUT2D eigenvalue weighted by atomic mass is 19.1. The van der Waals surface area contributed by atoms with E-state index < -0.39 is 6.04 Å². The van der Waals surface area contributed by atoms with Gasteiger partial charge in [0.2, 0.25) is 11.8 Å².